The lowest BCUT2D eigenvalue weighted by Gasteiger charge is -2.17. The number of nitrogens with zero attached hydrogens (tertiary/aromatic N) is 1. The number of rotatable bonds is 5. The molecule has 90 valence electrons. The van der Waals surface area contributed by atoms with Gasteiger partial charge in [0.1, 0.15) is 6.04 Å². The number of terminal acetylenes is 1. The molecular weight excluding hydrogens is 216 g/mol. The number of pyridine rings is 1. The van der Waals surface area contributed by atoms with E-state index in [2.05, 4.69) is 16.2 Å². The highest BCUT2D eigenvalue weighted by atomic mass is 16.5. The topological polar surface area (TPSA) is 51.2 Å². The van der Waals surface area contributed by atoms with Gasteiger partial charge in [0.15, 0.2) is 0 Å². The smallest absolute Gasteiger partial charge is 0.327 e. The second kappa shape index (κ2) is 6.66. The van der Waals surface area contributed by atoms with Crippen LogP contribution in [-0.4, -0.2) is 24.1 Å². The zero-order valence-corrected chi connectivity index (χ0v) is 10.1. The molecule has 0 bridgehead atoms. The van der Waals surface area contributed by atoms with E-state index in [0.29, 0.717) is 13.2 Å². The average molecular weight is 232 g/mol. The summed E-state index contributed by atoms with van der Waals surface area (Å²) in [6.07, 6.45) is 8.52. The Balaban J connectivity index is 2.94. The van der Waals surface area contributed by atoms with Gasteiger partial charge in [-0.25, -0.2) is 4.79 Å². The molecule has 0 radical (unpaired) electrons. The second-order valence-electron chi connectivity index (χ2n) is 3.50. The lowest BCUT2D eigenvalue weighted by molar-refractivity contribution is -0.145. The fraction of sp³-hybridized carbons (Fsp3) is 0.385. The van der Waals surface area contributed by atoms with E-state index in [1.165, 1.54) is 0 Å². The van der Waals surface area contributed by atoms with Crippen molar-refractivity contribution in [2.75, 3.05) is 13.2 Å². The van der Waals surface area contributed by atoms with Crippen molar-refractivity contribution < 1.29 is 9.53 Å². The lowest BCUT2D eigenvalue weighted by atomic mass is 10.0. The first-order valence-corrected chi connectivity index (χ1v) is 5.44. The summed E-state index contributed by atoms with van der Waals surface area (Å²) in [7, 11) is 0. The van der Waals surface area contributed by atoms with Gasteiger partial charge in [-0.15, -0.1) is 6.42 Å². The van der Waals surface area contributed by atoms with Crippen molar-refractivity contribution in [1.29, 1.82) is 0 Å². The van der Waals surface area contributed by atoms with Gasteiger partial charge >= 0.3 is 5.97 Å². The van der Waals surface area contributed by atoms with Crippen LogP contribution in [-0.2, 0) is 9.53 Å². The molecule has 1 aromatic rings. The number of carbonyl (C=O) groups excluding carboxylic acids is 1. The Morgan fingerprint density at radius 1 is 1.71 bits per heavy atom. The number of nitrogens with one attached hydrogen (secondary N) is 1. The van der Waals surface area contributed by atoms with Crippen LogP contribution in [0.5, 0.6) is 0 Å². The molecule has 0 amide bonds. The highest BCUT2D eigenvalue weighted by Gasteiger charge is 2.22. The van der Waals surface area contributed by atoms with Gasteiger partial charge in [-0.05, 0) is 25.5 Å². The third-order valence-corrected chi connectivity index (χ3v) is 2.32. The highest BCUT2D eigenvalue weighted by molar-refractivity contribution is 5.78. The van der Waals surface area contributed by atoms with E-state index in [4.69, 9.17) is 11.2 Å². The Morgan fingerprint density at radius 2 is 2.47 bits per heavy atom. The predicted molar refractivity (Wildman–Crippen MR) is 65.2 cm³/mol. The Labute approximate surface area is 101 Å². The van der Waals surface area contributed by atoms with Crippen LogP contribution in [0.15, 0.2) is 18.5 Å². The number of esters is 1. The molecule has 1 aromatic heterocycles. The fourth-order valence-electron chi connectivity index (χ4n) is 1.49. The molecular formula is C13H16N2O2. The summed E-state index contributed by atoms with van der Waals surface area (Å²) in [5.41, 5.74) is 1.77. The molecule has 0 saturated carbocycles. The van der Waals surface area contributed by atoms with Gasteiger partial charge < -0.3 is 4.74 Å². The summed E-state index contributed by atoms with van der Waals surface area (Å²) < 4.78 is 5.01. The summed E-state index contributed by atoms with van der Waals surface area (Å²) in [4.78, 5) is 15.8. The van der Waals surface area contributed by atoms with Crippen molar-refractivity contribution in [1.82, 2.24) is 10.3 Å². The van der Waals surface area contributed by atoms with Crippen LogP contribution >= 0.6 is 0 Å². The number of hydrogen-bond donors (Lipinski definition) is 1. The molecule has 1 unspecified atom stereocenters. The van der Waals surface area contributed by atoms with E-state index in [0.717, 1.165) is 11.1 Å². The maximum absolute atomic E-state index is 11.8. The van der Waals surface area contributed by atoms with E-state index in [1.54, 1.807) is 19.3 Å². The maximum Gasteiger partial charge on any atom is 0.327 e. The van der Waals surface area contributed by atoms with Crippen LogP contribution in [0.1, 0.15) is 24.1 Å². The largest absolute Gasteiger partial charge is 0.465 e. The standard InChI is InChI=1S/C13H16N2O2/c1-4-7-15-12(13(16)17-5-2)11-9-14-8-6-10(11)3/h1,6,8-9,12,15H,5,7H2,2-3H3. The summed E-state index contributed by atoms with van der Waals surface area (Å²) in [5, 5.41) is 2.96. The first kappa shape index (κ1) is 13.2. The molecule has 1 N–H and O–H groups in total. The van der Waals surface area contributed by atoms with Gasteiger partial charge in [-0.2, -0.15) is 0 Å². The first-order valence-electron chi connectivity index (χ1n) is 5.44. The minimum atomic E-state index is -0.556. The Morgan fingerprint density at radius 3 is 3.06 bits per heavy atom. The van der Waals surface area contributed by atoms with Gasteiger partial charge in [-0.1, -0.05) is 5.92 Å². The van der Waals surface area contributed by atoms with Crippen LogP contribution in [0, 0.1) is 19.3 Å². The fourth-order valence-corrected chi connectivity index (χ4v) is 1.49. The SMILES string of the molecule is C#CCNC(C(=O)OCC)c1cnccc1C. The van der Waals surface area contributed by atoms with Crippen molar-refractivity contribution >= 4 is 5.97 Å². The van der Waals surface area contributed by atoms with E-state index >= 15 is 0 Å². The normalized spacial score (nSPS) is 11.6. The molecule has 1 rings (SSSR count). The molecule has 0 spiro atoms. The number of carbonyl (C=O) groups is 1. The summed E-state index contributed by atoms with van der Waals surface area (Å²) in [5.74, 6) is 2.11. The van der Waals surface area contributed by atoms with Crippen molar-refractivity contribution in [3.05, 3.63) is 29.6 Å². The molecule has 17 heavy (non-hydrogen) atoms. The zero-order chi connectivity index (χ0) is 12.7. The highest BCUT2D eigenvalue weighted by Crippen LogP contribution is 2.17. The maximum atomic E-state index is 11.8. The molecule has 1 heterocycles. The third kappa shape index (κ3) is 3.58. The van der Waals surface area contributed by atoms with Crippen molar-refractivity contribution in [3.8, 4) is 12.3 Å². The van der Waals surface area contributed by atoms with E-state index < -0.39 is 6.04 Å². The van der Waals surface area contributed by atoms with Gasteiger partial charge in [0.25, 0.3) is 0 Å². The van der Waals surface area contributed by atoms with Gasteiger partial charge in [-0.3, -0.25) is 10.3 Å². The molecule has 0 fully saturated rings. The van der Waals surface area contributed by atoms with Crippen molar-refractivity contribution in [2.24, 2.45) is 0 Å². The summed E-state index contributed by atoms with van der Waals surface area (Å²) >= 11 is 0. The molecule has 0 aliphatic carbocycles. The minimum absolute atomic E-state index is 0.303. The molecule has 0 aromatic carbocycles. The molecule has 0 saturated heterocycles. The van der Waals surface area contributed by atoms with Crippen LogP contribution in [0.3, 0.4) is 0 Å². The minimum Gasteiger partial charge on any atom is -0.465 e. The van der Waals surface area contributed by atoms with Crippen molar-refractivity contribution in [3.63, 3.8) is 0 Å². The van der Waals surface area contributed by atoms with Crippen LogP contribution in [0.2, 0.25) is 0 Å². The molecule has 4 heteroatoms. The monoisotopic (exact) mass is 232 g/mol. The molecule has 0 aliphatic rings. The summed E-state index contributed by atoms with van der Waals surface area (Å²) in [6.45, 7) is 4.33. The predicted octanol–water partition coefficient (Wildman–Crippen LogP) is 1.22. The van der Waals surface area contributed by atoms with Crippen LogP contribution < -0.4 is 5.32 Å². The number of ether oxygens (including phenoxy) is 1. The molecule has 1 atom stereocenters. The van der Waals surface area contributed by atoms with E-state index in [1.807, 2.05) is 13.0 Å². The Bertz CT molecular complexity index is 424. The molecule has 0 aliphatic heterocycles. The lowest BCUT2D eigenvalue weighted by Crippen LogP contribution is -2.31. The zero-order valence-electron chi connectivity index (χ0n) is 10.1. The first-order chi connectivity index (χ1) is 8.20. The number of hydrogen-bond acceptors (Lipinski definition) is 4. The van der Waals surface area contributed by atoms with Crippen LogP contribution in [0.4, 0.5) is 0 Å². The third-order valence-electron chi connectivity index (χ3n) is 2.32. The second-order valence-corrected chi connectivity index (χ2v) is 3.50. The van der Waals surface area contributed by atoms with E-state index in [-0.39, 0.29) is 5.97 Å². The number of aromatic nitrogens is 1. The van der Waals surface area contributed by atoms with E-state index in [9.17, 15) is 4.79 Å². The van der Waals surface area contributed by atoms with Gasteiger partial charge in [0, 0.05) is 18.0 Å². The quantitative estimate of drug-likeness (QED) is 0.612. The van der Waals surface area contributed by atoms with Crippen LogP contribution in [0.25, 0.3) is 0 Å². The van der Waals surface area contributed by atoms with Gasteiger partial charge in [0.2, 0.25) is 0 Å². The van der Waals surface area contributed by atoms with Crippen molar-refractivity contribution in [2.45, 2.75) is 19.9 Å². The molecule has 4 nitrogen and oxygen atoms in total. The summed E-state index contributed by atoms with van der Waals surface area (Å²) in [6, 6.07) is 1.29. The Hall–Kier alpha value is -1.86. The van der Waals surface area contributed by atoms with Gasteiger partial charge in [0.05, 0.1) is 13.2 Å². The Kier molecular flexibility index (Phi) is 5.18. The number of aryl methyl sites for hydroxylation is 1. The average Bonchev–Trinajstić information content (AvgIpc) is 2.32.